The van der Waals surface area contributed by atoms with Gasteiger partial charge in [0.25, 0.3) is 5.91 Å². The molecule has 3 aliphatic heterocycles. The summed E-state index contributed by atoms with van der Waals surface area (Å²) < 4.78 is 0. The van der Waals surface area contributed by atoms with Crippen LogP contribution in [0.1, 0.15) is 46.8 Å². The van der Waals surface area contributed by atoms with Crippen molar-refractivity contribution >= 4 is 17.6 Å². The van der Waals surface area contributed by atoms with Crippen LogP contribution in [0, 0.1) is 0 Å². The molecule has 5 rings (SSSR count). The quantitative estimate of drug-likeness (QED) is 0.623. The Morgan fingerprint density at radius 2 is 1.97 bits per heavy atom. The van der Waals surface area contributed by atoms with Crippen LogP contribution in [0.25, 0.3) is 0 Å². The summed E-state index contributed by atoms with van der Waals surface area (Å²) in [7, 11) is 0. The average molecular weight is 464 g/mol. The Morgan fingerprint density at radius 3 is 2.74 bits per heavy atom. The van der Waals surface area contributed by atoms with E-state index in [1.807, 2.05) is 23.1 Å². The number of pyridine rings is 1. The lowest BCUT2D eigenvalue weighted by Gasteiger charge is -2.35. The Balaban J connectivity index is 1.21. The van der Waals surface area contributed by atoms with Gasteiger partial charge in [-0.1, -0.05) is 24.3 Å². The van der Waals surface area contributed by atoms with Crippen molar-refractivity contribution in [3.63, 3.8) is 0 Å². The Morgan fingerprint density at radius 1 is 1.21 bits per heavy atom. The zero-order valence-electron chi connectivity index (χ0n) is 19.7. The highest BCUT2D eigenvalue weighted by atomic mass is 16.3. The van der Waals surface area contributed by atoms with Crippen LogP contribution >= 0.6 is 0 Å². The van der Waals surface area contributed by atoms with E-state index in [-0.39, 0.29) is 23.9 Å². The van der Waals surface area contributed by atoms with Crippen LogP contribution in [0.15, 0.2) is 36.5 Å². The van der Waals surface area contributed by atoms with Gasteiger partial charge in [-0.05, 0) is 48.4 Å². The number of nitrogens with zero attached hydrogens (tertiary/aromatic N) is 3. The van der Waals surface area contributed by atoms with Crippen LogP contribution in [0.3, 0.4) is 0 Å². The van der Waals surface area contributed by atoms with Gasteiger partial charge in [0, 0.05) is 63.5 Å². The van der Waals surface area contributed by atoms with E-state index in [2.05, 4.69) is 27.8 Å². The van der Waals surface area contributed by atoms with Gasteiger partial charge in [-0.25, -0.2) is 4.98 Å². The number of amides is 2. The molecule has 1 saturated heterocycles. The molecule has 3 N–H and O–H groups in total. The number of anilines is 1. The van der Waals surface area contributed by atoms with Crippen molar-refractivity contribution in [2.45, 2.75) is 57.3 Å². The van der Waals surface area contributed by atoms with Crippen LogP contribution in [0.2, 0.25) is 0 Å². The minimum atomic E-state index is -0.634. The third-order valence-corrected chi connectivity index (χ3v) is 7.43. The highest BCUT2D eigenvalue weighted by Crippen LogP contribution is 2.24. The van der Waals surface area contributed by atoms with Crippen LogP contribution in [0.5, 0.6) is 0 Å². The van der Waals surface area contributed by atoms with E-state index in [0.29, 0.717) is 24.5 Å². The van der Waals surface area contributed by atoms with E-state index >= 15 is 0 Å². The first-order valence-corrected chi connectivity index (χ1v) is 12.3. The van der Waals surface area contributed by atoms with Gasteiger partial charge < -0.3 is 25.5 Å². The van der Waals surface area contributed by atoms with Crippen molar-refractivity contribution in [1.29, 1.82) is 0 Å². The van der Waals surface area contributed by atoms with Crippen LogP contribution in [-0.4, -0.2) is 76.1 Å². The molecule has 2 aromatic rings. The van der Waals surface area contributed by atoms with Crippen molar-refractivity contribution < 1.29 is 14.7 Å². The second kappa shape index (κ2) is 9.72. The SMILES string of the molecule is CC(=O)N1CCC(Nc2cc3c(cn2)CCN(C[C@H](O)[C@@H]2Cc4ccccc4CN2)C3=O)CC1. The number of carbonyl (C=O) groups excluding carboxylic acids is 2. The number of aromatic nitrogens is 1. The molecule has 0 bridgehead atoms. The molecule has 1 aromatic carbocycles. The van der Waals surface area contributed by atoms with E-state index in [9.17, 15) is 14.7 Å². The van der Waals surface area contributed by atoms with E-state index in [4.69, 9.17) is 0 Å². The molecule has 0 spiro atoms. The molecule has 3 aliphatic rings. The lowest BCUT2D eigenvalue weighted by molar-refractivity contribution is -0.129. The Kier molecular flexibility index (Phi) is 6.52. The van der Waals surface area contributed by atoms with Crippen molar-refractivity contribution in [2.24, 2.45) is 0 Å². The minimum absolute atomic E-state index is 0.0478. The average Bonchev–Trinajstić information content (AvgIpc) is 2.86. The molecular formula is C26H33N5O3. The van der Waals surface area contributed by atoms with Gasteiger partial charge in [0.2, 0.25) is 5.91 Å². The third-order valence-electron chi connectivity index (χ3n) is 7.43. The van der Waals surface area contributed by atoms with Crippen LogP contribution in [0.4, 0.5) is 5.82 Å². The molecule has 2 atom stereocenters. The monoisotopic (exact) mass is 463 g/mol. The minimum Gasteiger partial charge on any atom is -0.390 e. The summed E-state index contributed by atoms with van der Waals surface area (Å²) in [5, 5.41) is 17.8. The lowest BCUT2D eigenvalue weighted by Crippen LogP contribution is -2.51. The normalized spacial score (nSPS) is 21.6. The highest BCUT2D eigenvalue weighted by molar-refractivity contribution is 5.97. The van der Waals surface area contributed by atoms with Gasteiger partial charge >= 0.3 is 0 Å². The van der Waals surface area contributed by atoms with Crippen molar-refractivity contribution in [3.8, 4) is 0 Å². The number of nitrogens with one attached hydrogen (secondary N) is 2. The molecule has 8 heteroatoms. The summed E-state index contributed by atoms with van der Waals surface area (Å²) in [6.07, 6.45) is 4.39. The number of aliphatic hydroxyl groups excluding tert-OH is 1. The predicted molar refractivity (Wildman–Crippen MR) is 130 cm³/mol. The molecule has 1 aromatic heterocycles. The topological polar surface area (TPSA) is 97.8 Å². The van der Waals surface area contributed by atoms with E-state index in [0.717, 1.165) is 50.9 Å². The number of hydrogen-bond acceptors (Lipinski definition) is 6. The maximum Gasteiger partial charge on any atom is 0.254 e. The molecule has 1 fully saturated rings. The Hall–Kier alpha value is -2.97. The van der Waals surface area contributed by atoms with Crippen LogP contribution in [-0.2, 0) is 24.2 Å². The second-order valence-corrected chi connectivity index (χ2v) is 9.68. The van der Waals surface area contributed by atoms with E-state index < -0.39 is 6.10 Å². The van der Waals surface area contributed by atoms with E-state index in [1.165, 1.54) is 11.1 Å². The van der Waals surface area contributed by atoms with E-state index in [1.54, 1.807) is 18.0 Å². The van der Waals surface area contributed by atoms with Gasteiger partial charge in [0.1, 0.15) is 5.82 Å². The lowest BCUT2D eigenvalue weighted by atomic mass is 9.92. The molecule has 8 nitrogen and oxygen atoms in total. The van der Waals surface area contributed by atoms with Crippen molar-refractivity contribution in [1.82, 2.24) is 20.1 Å². The van der Waals surface area contributed by atoms with Crippen molar-refractivity contribution in [3.05, 3.63) is 58.8 Å². The van der Waals surface area contributed by atoms with Gasteiger partial charge in [-0.3, -0.25) is 9.59 Å². The molecule has 2 amide bonds. The molecular weight excluding hydrogens is 430 g/mol. The maximum atomic E-state index is 13.3. The fourth-order valence-electron chi connectivity index (χ4n) is 5.31. The summed E-state index contributed by atoms with van der Waals surface area (Å²) in [5.74, 6) is 0.764. The number of carbonyl (C=O) groups is 2. The summed E-state index contributed by atoms with van der Waals surface area (Å²) in [6.45, 7) is 4.72. The summed E-state index contributed by atoms with van der Waals surface area (Å²) in [5.41, 5.74) is 4.15. The number of aliphatic hydroxyl groups is 1. The predicted octanol–water partition coefficient (Wildman–Crippen LogP) is 1.58. The summed E-state index contributed by atoms with van der Waals surface area (Å²) in [6, 6.07) is 10.3. The zero-order chi connectivity index (χ0) is 23.7. The highest BCUT2D eigenvalue weighted by Gasteiger charge is 2.31. The smallest absolute Gasteiger partial charge is 0.254 e. The molecule has 180 valence electrons. The third kappa shape index (κ3) is 4.79. The molecule has 0 saturated carbocycles. The largest absolute Gasteiger partial charge is 0.390 e. The fraction of sp³-hybridized carbons (Fsp3) is 0.500. The molecule has 0 radical (unpaired) electrons. The molecule has 0 aliphatic carbocycles. The summed E-state index contributed by atoms with van der Waals surface area (Å²) in [4.78, 5) is 33.0. The fourth-order valence-corrected chi connectivity index (χ4v) is 5.31. The number of benzene rings is 1. The number of likely N-dealkylation sites (tertiary alicyclic amines) is 1. The number of β-amino-alcohol motifs (C(OH)–C–C–N with tert-alkyl or cyclic N) is 1. The van der Waals surface area contributed by atoms with Crippen LogP contribution < -0.4 is 10.6 Å². The van der Waals surface area contributed by atoms with Gasteiger partial charge in [-0.2, -0.15) is 0 Å². The summed E-state index contributed by atoms with van der Waals surface area (Å²) >= 11 is 0. The first-order chi connectivity index (χ1) is 16.5. The first kappa shape index (κ1) is 22.8. The van der Waals surface area contributed by atoms with Gasteiger partial charge in [-0.15, -0.1) is 0 Å². The number of piperidine rings is 1. The number of rotatable bonds is 5. The van der Waals surface area contributed by atoms with Crippen molar-refractivity contribution in [2.75, 3.05) is 31.5 Å². The Bertz CT molecular complexity index is 1070. The standard InChI is InChI=1S/C26H33N5O3/c1-17(32)30-10-7-21(8-11-30)29-25-13-22-20(15-28-25)6-9-31(26(22)34)16-24(33)23-12-18-4-2-3-5-19(18)14-27-23/h2-5,13,15,21,23-24,27,33H,6-12,14,16H2,1H3,(H,28,29)/t23-,24-/m0/s1. The second-order valence-electron chi connectivity index (χ2n) is 9.68. The van der Waals surface area contributed by atoms with Gasteiger partial charge in [0.15, 0.2) is 0 Å². The number of hydrogen-bond donors (Lipinski definition) is 3. The molecule has 34 heavy (non-hydrogen) atoms. The molecule has 4 heterocycles. The zero-order valence-corrected chi connectivity index (χ0v) is 19.7. The Labute approximate surface area is 200 Å². The molecule has 0 unspecified atom stereocenters. The number of fused-ring (bicyclic) bond motifs is 2. The van der Waals surface area contributed by atoms with Gasteiger partial charge in [0.05, 0.1) is 6.10 Å². The first-order valence-electron chi connectivity index (χ1n) is 12.3. The maximum absolute atomic E-state index is 13.3.